The Balaban J connectivity index is 2.14. The van der Waals surface area contributed by atoms with Crippen LogP contribution >= 0.6 is 0 Å². The molecule has 28 heavy (non-hydrogen) atoms. The molecule has 1 amide bonds. The molecule has 2 N–H and O–H groups in total. The highest BCUT2D eigenvalue weighted by molar-refractivity contribution is 6.27. The van der Waals surface area contributed by atoms with Gasteiger partial charge >= 0.3 is 0 Å². The van der Waals surface area contributed by atoms with Crippen LogP contribution < -0.4 is 0 Å². The van der Waals surface area contributed by atoms with Crippen LogP contribution in [0.1, 0.15) is 47.0 Å². The van der Waals surface area contributed by atoms with E-state index in [0.717, 1.165) is 19.3 Å². The maximum atomic E-state index is 13.0. The van der Waals surface area contributed by atoms with Gasteiger partial charge in [0.25, 0.3) is 5.91 Å². The first-order valence-corrected chi connectivity index (χ1v) is 10.4. The lowest BCUT2D eigenvalue weighted by Crippen LogP contribution is -2.45. The number of ketones is 1. The lowest BCUT2D eigenvalue weighted by atomic mass is 9.54. The molecule has 3 rings (SSSR count). The monoisotopic (exact) mass is 387 g/mol. The molecule has 0 aromatic heterocycles. The maximum Gasteiger partial charge on any atom is 0.261 e. The summed E-state index contributed by atoms with van der Waals surface area (Å²) >= 11 is 0. The Morgan fingerprint density at radius 1 is 1.32 bits per heavy atom. The van der Waals surface area contributed by atoms with Crippen LogP contribution in [-0.4, -0.2) is 46.0 Å². The fourth-order valence-electron chi connectivity index (χ4n) is 5.66. The van der Waals surface area contributed by atoms with Gasteiger partial charge in [0.05, 0.1) is 6.10 Å². The number of hydrogen-bond donors (Lipinski definition) is 2. The molecule has 0 aromatic rings. The number of likely N-dealkylation sites (tertiary alicyclic amines) is 1. The minimum Gasteiger partial charge on any atom is -0.511 e. The normalized spacial score (nSPS) is 41.5. The summed E-state index contributed by atoms with van der Waals surface area (Å²) in [6, 6.07) is -0.935. The third-order valence-electron chi connectivity index (χ3n) is 7.26. The predicted molar refractivity (Wildman–Crippen MR) is 108 cm³/mol. The van der Waals surface area contributed by atoms with E-state index in [1.807, 2.05) is 26.0 Å². The summed E-state index contributed by atoms with van der Waals surface area (Å²) < 4.78 is 0. The lowest BCUT2D eigenvalue weighted by molar-refractivity contribution is -0.128. The summed E-state index contributed by atoms with van der Waals surface area (Å²) in [7, 11) is 1.51. The van der Waals surface area contributed by atoms with Crippen molar-refractivity contribution in [3.05, 3.63) is 35.6 Å². The zero-order valence-corrected chi connectivity index (χ0v) is 17.6. The lowest BCUT2D eigenvalue weighted by Gasteiger charge is -2.50. The standard InChI is InChI=1S/C23H33NO4/c1-6-7-16-10-9-15-12-13(2)8-11-17(15)23(16,4)21(27)18-20(26)19(14(3)25)24(5)22(18)28/h6-7,9-10,13-17,19,25,27H,8,11-12H2,1-5H3/b7-6+,21-18-/t13-,14-,15+,16+,17-,19-,23+/m0/s1. The van der Waals surface area contributed by atoms with Crippen molar-refractivity contribution in [1.29, 1.82) is 0 Å². The van der Waals surface area contributed by atoms with Crippen molar-refractivity contribution in [2.45, 2.75) is 59.1 Å². The molecule has 5 heteroatoms. The van der Waals surface area contributed by atoms with Gasteiger partial charge in [-0.1, -0.05) is 44.6 Å². The average molecular weight is 388 g/mol. The highest BCUT2D eigenvalue weighted by atomic mass is 16.3. The van der Waals surface area contributed by atoms with Gasteiger partial charge in [-0.25, -0.2) is 0 Å². The van der Waals surface area contributed by atoms with Crippen molar-refractivity contribution in [3.63, 3.8) is 0 Å². The van der Waals surface area contributed by atoms with Crippen LogP contribution in [0.3, 0.4) is 0 Å². The summed E-state index contributed by atoms with van der Waals surface area (Å²) in [5.41, 5.74) is -0.862. The van der Waals surface area contributed by atoms with E-state index in [0.29, 0.717) is 11.8 Å². The van der Waals surface area contributed by atoms with E-state index < -0.39 is 29.3 Å². The number of Topliss-reactive ketones (excluding diaryl/α,β-unsaturated/α-hetero) is 1. The van der Waals surface area contributed by atoms with E-state index in [4.69, 9.17) is 0 Å². The first-order chi connectivity index (χ1) is 13.1. The quantitative estimate of drug-likeness (QED) is 0.337. The van der Waals surface area contributed by atoms with E-state index in [2.05, 4.69) is 19.1 Å². The fraction of sp³-hybridized carbons (Fsp3) is 0.652. The molecule has 2 fully saturated rings. The van der Waals surface area contributed by atoms with E-state index >= 15 is 0 Å². The molecule has 0 spiro atoms. The highest BCUT2D eigenvalue weighted by Crippen LogP contribution is 2.56. The first-order valence-electron chi connectivity index (χ1n) is 10.4. The minimum atomic E-state index is -0.986. The number of aliphatic hydroxyl groups is 2. The van der Waals surface area contributed by atoms with Gasteiger partial charge in [-0.15, -0.1) is 0 Å². The van der Waals surface area contributed by atoms with Crippen LogP contribution in [0.25, 0.3) is 0 Å². The van der Waals surface area contributed by atoms with Crippen molar-refractivity contribution < 1.29 is 19.8 Å². The van der Waals surface area contributed by atoms with Crippen LogP contribution in [0.4, 0.5) is 0 Å². The number of carbonyl (C=O) groups is 2. The fourth-order valence-corrected chi connectivity index (χ4v) is 5.66. The second kappa shape index (κ2) is 7.51. The Labute approximate surface area is 167 Å². The summed E-state index contributed by atoms with van der Waals surface area (Å²) in [4.78, 5) is 27.1. The van der Waals surface area contributed by atoms with Gasteiger partial charge in [0, 0.05) is 18.4 Å². The molecule has 154 valence electrons. The molecule has 0 aromatic carbocycles. The van der Waals surface area contributed by atoms with Crippen molar-refractivity contribution in [2.24, 2.45) is 29.1 Å². The Kier molecular flexibility index (Phi) is 5.59. The number of allylic oxidation sites excluding steroid dienone is 5. The van der Waals surface area contributed by atoms with Crippen molar-refractivity contribution in [3.8, 4) is 0 Å². The SMILES string of the molecule is C/C=C/[C@@H]1C=C[C@@H]2C[C@@H](C)CC[C@@H]2[C@]1(C)/C(O)=C1\C(=O)[C@H]([C@H](C)O)N(C)C1=O. The first kappa shape index (κ1) is 20.8. The topological polar surface area (TPSA) is 77.8 Å². The smallest absolute Gasteiger partial charge is 0.261 e. The molecule has 7 atom stereocenters. The van der Waals surface area contributed by atoms with E-state index in [1.165, 1.54) is 18.9 Å². The summed E-state index contributed by atoms with van der Waals surface area (Å²) in [5, 5.41) is 21.5. The molecular formula is C23H33NO4. The number of hydrogen-bond acceptors (Lipinski definition) is 4. The van der Waals surface area contributed by atoms with E-state index in [-0.39, 0.29) is 23.2 Å². The van der Waals surface area contributed by atoms with Gasteiger partial charge in [-0.2, -0.15) is 0 Å². The molecule has 0 radical (unpaired) electrons. The van der Waals surface area contributed by atoms with Gasteiger partial charge < -0.3 is 15.1 Å². The number of fused-ring (bicyclic) bond motifs is 1. The predicted octanol–water partition coefficient (Wildman–Crippen LogP) is 3.41. The molecule has 0 bridgehead atoms. The minimum absolute atomic E-state index is 0.0869. The summed E-state index contributed by atoms with van der Waals surface area (Å²) in [6.07, 6.45) is 10.5. The molecular weight excluding hydrogens is 354 g/mol. The van der Waals surface area contributed by atoms with Crippen molar-refractivity contribution in [2.75, 3.05) is 7.05 Å². The van der Waals surface area contributed by atoms with E-state index in [9.17, 15) is 19.8 Å². The van der Waals surface area contributed by atoms with Gasteiger partial charge in [-0.3, -0.25) is 9.59 Å². The molecule has 1 saturated heterocycles. The number of likely N-dealkylation sites (N-methyl/N-ethyl adjacent to an activating group) is 1. The van der Waals surface area contributed by atoms with Crippen molar-refractivity contribution >= 4 is 11.7 Å². The zero-order valence-electron chi connectivity index (χ0n) is 17.6. The number of amides is 1. The Bertz CT molecular complexity index is 750. The molecule has 5 nitrogen and oxygen atoms in total. The number of rotatable bonds is 3. The van der Waals surface area contributed by atoms with Gasteiger partial charge in [0.15, 0.2) is 5.78 Å². The average Bonchev–Trinajstić information content (AvgIpc) is 2.85. The summed E-state index contributed by atoms with van der Waals surface area (Å²) in [6.45, 7) is 7.69. The molecule has 1 aliphatic heterocycles. The van der Waals surface area contributed by atoms with Gasteiger partial charge in [0.2, 0.25) is 0 Å². The molecule has 0 unspecified atom stereocenters. The maximum absolute atomic E-state index is 13.0. The second-order valence-electron chi connectivity index (χ2n) is 9.10. The Morgan fingerprint density at radius 3 is 2.57 bits per heavy atom. The second-order valence-corrected chi connectivity index (χ2v) is 9.10. The van der Waals surface area contributed by atoms with Crippen LogP contribution in [-0.2, 0) is 9.59 Å². The third-order valence-corrected chi connectivity index (χ3v) is 7.26. The Morgan fingerprint density at radius 2 is 2.00 bits per heavy atom. The van der Waals surface area contributed by atoms with Gasteiger partial charge in [-0.05, 0) is 44.4 Å². The van der Waals surface area contributed by atoms with Gasteiger partial charge in [0.1, 0.15) is 17.4 Å². The molecule has 1 saturated carbocycles. The highest BCUT2D eigenvalue weighted by Gasteiger charge is 2.54. The molecule has 2 aliphatic carbocycles. The van der Waals surface area contributed by atoms with Crippen LogP contribution in [0.5, 0.6) is 0 Å². The summed E-state index contributed by atoms with van der Waals surface area (Å²) in [5.74, 6) is -0.0388. The van der Waals surface area contributed by atoms with Crippen LogP contribution in [0.2, 0.25) is 0 Å². The number of nitrogens with zero attached hydrogens (tertiary/aromatic N) is 1. The number of aliphatic hydroxyl groups excluding tert-OH is 2. The van der Waals surface area contributed by atoms with Crippen molar-refractivity contribution in [1.82, 2.24) is 4.90 Å². The zero-order chi connectivity index (χ0) is 20.8. The number of carbonyl (C=O) groups excluding carboxylic acids is 2. The van der Waals surface area contributed by atoms with Crippen LogP contribution in [0.15, 0.2) is 35.6 Å². The largest absolute Gasteiger partial charge is 0.511 e. The third kappa shape index (κ3) is 3.04. The van der Waals surface area contributed by atoms with Crippen LogP contribution in [0, 0.1) is 29.1 Å². The van der Waals surface area contributed by atoms with E-state index in [1.54, 1.807) is 0 Å². The molecule has 3 aliphatic rings. The molecule has 1 heterocycles. The Hall–Kier alpha value is -1.88.